The van der Waals surface area contributed by atoms with E-state index in [1.807, 2.05) is 6.07 Å². The second-order valence-electron chi connectivity index (χ2n) is 14.2. The van der Waals surface area contributed by atoms with Crippen LogP contribution in [0.2, 0.25) is 0 Å². The number of aromatic nitrogens is 2. The van der Waals surface area contributed by atoms with Crippen molar-refractivity contribution in [2.45, 2.75) is 0 Å². The van der Waals surface area contributed by atoms with Crippen molar-refractivity contribution in [2.75, 3.05) is 0 Å². The van der Waals surface area contributed by atoms with E-state index < -0.39 is 0 Å². The molecule has 0 radical (unpaired) electrons. The van der Waals surface area contributed by atoms with Crippen molar-refractivity contribution in [3.8, 4) is 50.8 Å². The van der Waals surface area contributed by atoms with Crippen LogP contribution in [0.3, 0.4) is 0 Å². The standard InChI is InChI=1S/C51H30N2O/c1-2-14-32-29-34(28-27-31(32)13-1)51-52-44-24-12-26-46-49(44)53(51)45-25-11-23-42(50(45)54-46)47-38-19-7-9-21-40(38)48(41-22-10-8-20-39(41)47)43-30-33-15-3-4-16-35(33)36-17-5-6-18-37(36)43/h1-30H. The first-order chi connectivity index (χ1) is 26.8. The van der Waals surface area contributed by atoms with Gasteiger partial charge in [0.2, 0.25) is 0 Å². The summed E-state index contributed by atoms with van der Waals surface area (Å²) in [7, 11) is 0. The lowest BCUT2D eigenvalue weighted by atomic mass is 9.83. The molecule has 0 bridgehead atoms. The predicted octanol–water partition coefficient (Wildman–Crippen LogP) is 13.9. The Morgan fingerprint density at radius 1 is 0.407 bits per heavy atom. The van der Waals surface area contributed by atoms with Crippen molar-refractivity contribution in [3.05, 3.63) is 182 Å². The fourth-order valence-electron chi connectivity index (χ4n) is 9.02. The van der Waals surface area contributed by atoms with Gasteiger partial charge in [-0.05, 0) is 95.3 Å². The van der Waals surface area contributed by atoms with Crippen LogP contribution < -0.4 is 4.74 Å². The molecule has 12 rings (SSSR count). The quantitative estimate of drug-likeness (QED) is 0.137. The second-order valence-corrected chi connectivity index (χ2v) is 14.2. The van der Waals surface area contributed by atoms with Gasteiger partial charge in [0.15, 0.2) is 11.5 Å². The molecule has 0 fully saturated rings. The van der Waals surface area contributed by atoms with E-state index in [1.165, 1.54) is 65.0 Å². The number of hydrogen-bond acceptors (Lipinski definition) is 2. The summed E-state index contributed by atoms with van der Waals surface area (Å²) in [6.07, 6.45) is 0. The van der Waals surface area contributed by atoms with E-state index in [4.69, 9.17) is 9.72 Å². The van der Waals surface area contributed by atoms with Gasteiger partial charge < -0.3 is 4.74 Å². The molecule has 3 heteroatoms. The summed E-state index contributed by atoms with van der Waals surface area (Å²) in [5, 5.41) is 12.2. The molecule has 2 heterocycles. The molecule has 1 aliphatic rings. The molecular weight excluding hydrogens is 657 g/mol. The van der Waals surface area contributed by atoms with Gasteiger partial charge in [-0.2, -0.15) is 0 Å². The third-order valence-corrected chi connectivity index (χ3v) is 11.3. The highest BCUT2D eigenvalue weighted by molar-refractivity contribution is 6.26. The Morgan fingerprint density at radius 2 is 1.00 bits per heavy atom. The Morgan fingerprint density at radius 3 is 1.74 bits per heavy atom. The van der Waals surface area contributed by atoms with E-state index in [2.05, 4.69) is 180 Å². The molecule has 0 saturated heterocycles. The van der Waals surface area contributed by atoms with Gasteiger partial charge in [-0.15, -0.1) is 0 Å². The molecule has 11 aromatic rings. The topological polar surface area (TPSA) is 27.1 Å². The number of benzene rings is 10. The Labute approximate surface area is 310 Å². The Hall–Kier alpha value is -7.23. The fourth-order valence-corrected chi connectivity index (χ4v) is 9.02. The summed E-state index contributed by atoms with van der Waals surface area (Å²) >= 11 is 0. The monoisotopic (exact) mass is 686 g/mol. The zero-order valence-electron chi connectivity index (χ0n) is 29.1. The van der Waals surface area contributed by atoms with Gasteiger partial charge in [0.1, 0.15) is 11.3 Å². The van der Waals surface area contributed by atoms with Crippen molar-refractivity contribution in [1.82, 2.24) is 9.55 Å². The van der Waals surface area contributed by atoms with Crippen molar-refractivity contribution in [2.24, 2.45) is 0 Å². The minimum Gasteiger partial charge on any atom is -0.452 e. The van der Waals surface area contributed by atoms with Gasteiger partial charge in [-0.1, -0.05) is 152 Å². The van der Waals surface area contributed by atoms with Crippen molar-refractivity contribution in [1.29, 1.82) is 0 Å². The van der Waals surface area contributed by atoms with E-state index in [0.29, 0.717) is 0 Å². The van der Waals surface area contributed by atoms with Gasteiger partial charge in [0, 0.05) is 16.7 Å². The largest absolute Gasteiger partial charge is 0.452 e. The number of rotatable bonds is 3. The molecule has 0 saturated carbocycles. The van der Waals surface area contributed by atoms with Crippen LogP contribution in [0.15, 0.2) is 182 Å². The minimum absolute atomic E-state index is 0.805. The molecule has 0 spiro atoms. The van der Waals surface area contributed by atoms with Crippen LogP contribution in [0.25, 0.3) is 104 Å². The summed E-state index contributed by atoms with van der Waals surface area (Å²) < 4.78 is 9.31. The average molecular weight is 687 g/mol. The molecule has 1 aliphatic heterocycles. The molecule has 10 aromatic carbocycles. The van der Waals surface area contributed by atoms with Crippen LogP contribution in [0.4, 0.5) is 0 Å². The van der Waals surface area contributed by atoms with Gasteiger partial charge in [0.05, 0.1) is 11.2 Å². The molecular formula is C51H30N2O. The number of fused-ring (bicyclic) bond motifs is 8. The Kier molecular flexibility index (Phi) is 6.05. The van der Waals surface area contributed by atoms with Crippen LogP contribution in [0.5, 0.6) is 11.5 Å². The first kappa shape index (κ1) is 29.4. The molecule has 0 aliphatic carbocycles. The van der Waals surface area contributed by atoms with Crippen molar-refractivity contribution >= 4 is 64.9 Å². The SMILES string of the molecule is c1cc(-c2c3ccccc3c(-c3cc4ccccc4c4ccccc34)c3ccccc23)c2c(c1)-n1c(-c3ccc4ccccc4c3)nc3cccc(c31)O2. The summed E-state index contributed by atoms with van der Waals surface area (Å²) in [6.45, 7) is 0. The molecule has 0 amide bonds. The summed E-state index contributed by atoms with van der Waals surface area (Å²) in [4.78, 5) is 5.24. The third kappa shape index (κ3) is 4.09. The molecule has 0 atom stereocenters. The van der Waals surface area contributed by atoms with Gasteiger partial charge >= 0.3 is 0 Å². The van der Waals surface area contributed by atoms with E-state index in [0.717, 1.165) is 50.7 Å². The van der Waals surface area contributed by atoms with E-state index in [-0.39, 0.29) is 0 Å². The maximum absolute atomic E-state index is 7.01. The Bertz CT molecular complexity index is 3320. The molecule has 0 unspecified atom stereocenters. The van der Waals surface area contributed by atoms with Crippen molar-refractivity contribution in [3.63, 3.8) is 0 Å². The Balaban J connectivity index is 1.16. The van der Waals surface area contributed by atoms with Gasteiger partial charge in [-0.25, -0.2) is 4.98 Å². The van der Waals surface area contributed by atoms with Crippen LogP contribution in [-0.4, -0.2) is 9.55 Å². The van der Waals surface area contributed by atoms with Gasteiger partial charge in [0.25, 0.3) is 0 Å². The van der Waals surface area contributed by atoms with E-state index >= 15 is 0 Å². The molecule has 250 valence electrons. The maximum atomic E-state index is 7.01. The molecule has 0 N–H and O–H groups in total. The van der Waals surface area contributed by atoms with Crippen LogP contribution in [-0.2, 0) is 0 Å². The molecule has 1 aromatic heterocycles. The highest BCUT2D eigenvalue weighted by Crippen LogP contribution is 2.52. The lowest BCUT2D eigenvalue weighted by molar-refractivity contribution is 0.478. The average Bonchev–Trinajstić information content (AvgIpc) is 3.63. The minimum atomic E-state index is 0.805. The third-order valence-electron chi connectivity index (χ3n) is 11.3. The molecule has 54 heavy (non-hydrogen) atoms. The van der Waals surface area contributed by atoms with E-state index in [1.54, 1.807) is 0 Å². The smallest absolute Gasteiger partial charge is 0.159 e. The normalized spacial score (nSPS) is 12.2. The zero-order chi connectivity index (χ0) is 35.3. The van der Waals surface area contributed by atoms with Crippen molar-refractivity contribution < 1.29 is 4.74 Å². The number of imidazole rings is 1. The zero-order valence-corrected chi connectivity index (χ0v) is 29.1. The van der Waals surface area contributed by atoms with Crippen LogP contribution >= 0.6 is 0 Å². The number of nitrogens with zero attached hydrogens (tertiary/aromatic N) is 2. The number of ether oxygens (including phenoxy) is 1. The highest BCUT2D eigenvalue weighted by atomic mass is 16.5. The summed E-state index contributed by atoms with van der Waals surface area (Å²) in [5.74, 6) is 2.54. The first-order valence-electron chi connectivity index (χ1n) is 18.5. The summed E-state index contributed by atoms with van der Waals surface area (Å²) in [5.41, 5.74) is 8.65. The maximum Gasteiger partial charge on any atom is 0.159 e. The van der Waals surface area contributed by atoms with Crippen LogP contribution in [0, 0.1) is 0 Å². The predicted molar refractivity (Wildman–Crippen MR) is 225 cm³/mol. The summed E-state index contributed by atoms with van der Waals surface area (Å²) in [6, 6.07) is 65.6. The first-order valence-corrected chi connectivity index (χ1v) is 18.5. The van der Waals surface area contributed by atoms with Crippen LogP contribution in [0.1, 0.15) is 0 Å². The highest BCUT2D eigenvalue weighted by Gasteiger charge is 2.29. The number of para-hydroxylation sites is 2. The fraction of sp³-hybridized carbons (Fsp3) is 0. The molecule has 3 nitrogen and oxygen atoms in total. The lowest BCUT2D eigenvalue weighted by Crippen LogP contribution is -2.07. The number of hydrogen-bond donors (Lipinski definition) is 0. The second kappa shape index (κ2) is 11.1. The van der Waals surface area contributed by atoms with Gasteiger partial charge in [-0.3, -0.25) is 4.57 Å². The lowest BCUT2D eigenvalue weighted by Gasteiger charge is -2.25. The van der Waals surface area contributed by atoms with E-state index in [9.17, 15) is 0 Å².